The Morgan fingerprint density at radius 3 is 0.909 bits per heavy atom. The first kappa shape index (κ1) is 58.8. The number of rotatable bonds is 34. The third kappa shape index (κ3) is 29.3. The number of nitrogens with two attached hydrogens (primary N) is 5. The molecule has 0 rings (SSSR count). The first-order chi connectivity index (χ1) is 31.0. The third-order valence-corrected chi connectivity index (χ3v) is 9.48. The summed E-state index contributed by atoms with van der Waals surface area (Å²) in [6.07, 6.45) is 1.73. The maximum Gasteiger partial charge on any atom is 0.243 e. The molecule has 1 unspecified atom stereocenters. The molecule has 0 aliphatic carbocycles. The van der Waals surface area contributed by atoms with Gasteiger partial charge in [0.2, 0.25) is 35.4 Å². The average Bonchev–Trinajstić information content (AvgIpc) is 3.22. The Morgan fingerprint density at radius 1 is 0.379 bits per heavy atom. The fourth-order valence-corrected chi connectivity index (χ4v) is 5.99. The second kappa shape index (κ2) is 33.4. The lowest BCUT2D eigenvalue weighted by Gasteiger charge is -2.27. The van der Waals surface area contributed by atoms with Crippen molar-refractivity contribution in [3.05, 3.63) is 0 Å². The van der Waals surface area contributed by atoms with E-state index in [9.17, 15) is 33.6 Å². The predicted molar refractivity (Wildman–Crippen MR) is 249 cm³/mol. The molecule has 374 valence electrons. The Bertz CT molecular complexity index is 1660. The highest BCUT2D eigenvalue weighted by Crippen LogP contribution is 2.09. The van der Waals surface area contributed by atoms with E-state index < -0.39 is 65.7 Å². The number of Topliss-reactive ketones (excluding diaryl/α,β-unsaturated/α-hetero) is 1. The topological polar surface area (TPSA) is 501 Å². The molecule has 0 heterocycles. The number of carbonyl (C=O) groups excluding carboxylic acids is 7. The zero-order chi connectivity index (χ0) is 50.2. The highest BCUT2D eigenvalue weighted by Gasteiger charge is 2.32. The van der Waals surface area contributed by atoms with E-state index in [0.717, 1.165) is 0 Å². The van der Waals surface area contributed by atoms with Gasteiger partial charge in [0.15, 0.2) is 35.6 Å². The van der Waals surface area contributed by atoms with Gasteiger partial charge in [-0.15, -0.1) is 0 Å². The number of amides is 6. The van der Waals surface area contributed by atoms with Crippen LogP contribution in [0.2, 0.25) is 0 Å². The monoisotopic (exact) mass is 938 g/mol. The summed E-state index contributed by atoms with van der Waals surface area (Å²) in [6, 6.07) is -6.23. The van der Waals surface area contributed by atoms with Crippen LogP contribution in [-0.4, -0.2) is 141 Å². The van der Waals surface area contributed by atoms with Crippen molar-refractivity contribution in [3.8, 4) is 0 Å². The van der Waals surface area contributed by atoms with Gasteiger partial charge in [-0.25, -0.2) is 0 Å². The number of hydrogen-bond acceptors (Lipinski definition) is 12. The molecule has 0 fully saturated rings. The lowest BCUT2D eigenvalue weighted by molar-refractivity contribution is -0.135. The zero-order valence-corrected chi connectivity index (χ0v) is 38.2. The van der Waals surface area contributed by atoms with Gasteiger partial charge in [0.25, 0.3) is 0 Å². The van der Waals surface area contributed by atoms with Crippen LogP contribution in [-0.2, 0) is 33.6 Å². The molecule has 0 aromatic rings. The molecule has 0 aliphatic rings. The number of ketones is 1. The summed E-state index contributed by atoms with van der Waals surface area (Å²) in [7, 11) is 0. The minimum atomic E-state index is -1.32. The fourth-order valence-electron chi connectivity index (χ4n) is 5.99. The maximum atomic E-state index is 14.2. The third-order valence-electron chi connectivity index (χ3n) is 9.48. The van der Waals surface area contributed by atoms with Gasteiger partial charge < -0.3 is 87.2 Å². The van der Waals surface area contributed by atoms with Crippen molar-refractivity contribution in [1.29, 1.82) is 27.0 Å². The summed E-state index contributed by atoms with van der Waals surface area (Å²) < 4.78 is 0. The molecule has 0 aromatic heterocycles. The summed E-state index contributed by atoms with van der Waals surface area (Å²) in [5, 5.41) is 66.1. The molecule has 66 heavy (non-hydrogen) atoms. The van der Waals surface area contributed by atoms with Crippen LogP contribution in [0.3, 0.4) is 0 Å². The first-order valence-corrected chi connectivity index (χ1v) is 21.7. The SMILES string of the molecule is CC(=O)N[C@@H](CCCNC(=N)N)C(=O)N[C@@H](CCCNC(=N)N)C(=O)N[C@@H](CCCCNC(=N)N)C(=O)N[C@@H](CCCNC(=N)N)C(=O)NC(CCCNC(=N)N)C(=O)NCC(=O)C(C)C. The van der Waals surface area contributed by atoms with Crippen molar-refractivity contribution < 1.29 is 33.6 Å². The Morgan fingerprint density at radius 2 is 0.636 bits per heavy atom. The fraction of sp³-hybridized carbons (Fsp3) is 0.684. The van der Waals surface area contributed by atoms with Gasteiger partial charge in [-0.2, -0.15) is 0 Å². The van der Waals surface area contributed by atoms with Crippen LogP contribution in [0.4, 0.5) is 0 Å². The summed E-state index contributed by atoms with van der Waals surface area (Å²) >= 11 is 0. The van der Waals surface area contributed by atoms with E-state index in [0.29, 0.717) is 19.3 Å². The van der Waals surface area contributed by atoms with Crippen molar-refractivity contribution in [3.63, 3.8) is 0 Å². The summed E-state index contributed by atoms with van der Waals surface area (Å²) in [4.78, 5) is 93.7. The van der Waals surface area contributed by atoms with Gasteiger partial charge in [-0.1, -0.05) is 13.8 Å². The molecule has 26 N–H and O–H groups in total. The molecule has 0 spiro atoms. The van der Waals surface area contributed by atoms with Crippen molar-refractivity contribution in [2.75, 3.05) is 39.3 Å². The molecule has 5 atom stereocenters. The molecule has 0 aromatic carbocycles. The number of nitrogens with one attached hydrogen (secondary N) is 16. The lowest BCUT2D eigenvalue weighted by Crippen LogP contribution is -2.59. The Balaban J connectivity index is 6.76. The molecule has 6 amide bonds. The second-order valence-electron chi connectivity index (χ2n) is 15.6. The largest absolute Gasteiger partial charge is 0.370 e. The molecular formula is C38H75N21O7. The van der Waals surface area contributed by atoms with E-state index in [1.54, 1.807) is 13.8 Å². The first-order valence-electron chi connectivity index (χ1n) is 21.7. The normalized spacial score (nSPS) is 12.8. The lowest BCUT2D eigenvalue weighted by atomic mass is 10.0. The minimum Gasteiger partial charge on any atom is -0.370 e. The molecule has 0 bridgehead atoms. The van der Waals surface area contributed by atoms with Gasteiger partial charge in [-0.3, -0.25) is 60.6 Å². The highest BCUT2D eigenvalue weighted by atomic mass is 16.2. The summed E-state index contributed by atoms with van der Waals surface area (Å²) in [5.41, 5.74) is 27.0. The molecule has 0 saturated heterocycles. The molecule has 0 aliphatic heterocycles. The molecule has 28 nitrogen and oxygen atoms in total. The van der Waals surface area contributed by atoms with E-state index in [2.05, 4.69) is 58.5 Å². The number of carbonyl (C=O) groups is 7. The maximum absolute atomic E-state index is 14.2. The average molecular weight is 938 g/mol. The van der Waals surface area contributed by atoms with Crippen LogP contribution in [0, 0.1) is 33.0 Å². The minimum absolute atomic E-state index is 0.000324. The van der Waals surface area contributed by atoms with Crippen LogP contribution in [0.1, 0.15) is 91.4 Å². The van der Waals surface area contributed by atoms with E-state index in [1.807, 2.05) is 0 Å². The standard InChI is InChI=1S/C38H75N21O7/c1-21(2)28(61)20-54-29(62)23(11-6-16-50-35(41)42)56-32(65)26(13-8-18-52-37(45)46)59-31(64)25(10-4-5-15-49-34(39)40)57-33(66)27(14-9-19-53-38(47)48)58-30(63)24(55-22(3)60)12-7-17-51-36(43)44/h21,23-27H,4-20H2,1-3H3,(H,54,62)(H,55,60)(H,56,65)(H,57,66)(H,58,63)(H,59,64)(H4,39,40,49)(H4,41,42,50)(H4,43,44,51)(H4,45,46,52)(H4,47,48,53)/t23?,24-,25-,26-,27-/m0/s1. The highest BCUT2D eigenvalue weighted by molar-refractivity contribution is 5.97. The van der Waals surface area contributed by atoms with Gasteiger partial charge >= 0.3 is 0 Å². The van der Waals surface area contributed by atoms with E-state index in [1.165, 1.54) is 6.92 Å². The quantitative estimate of drug-likeness (QED) is 0.0163. The van der Waals surface area contributed by atoms with Crippen LogP contribution in [0.15, 0.2) is 0 Å². The Kier molecular flexibility index (Phi) is 29.7. The van der Waals surface area contributed by atoms with Gasteiger partial charge in [-0.05, 0) is 70.6 Å². The van der Waals surface area contributed by atoms with Crippen molar-refractivity contribution >= 4 is 71.0 Å². The molecule has 0 radical (unpaired) electrons. The van der Waals surface area contributed by atoms with Gasteiger partial charge in [0.05, 0.1) is 6.54 Å². The van der Waals surface area contributed by atoms with Crippen LogP contribution in [0.25, 0.3) is 0 Å². The summed E-state index contributed by atoms with van der Waals surface area (Å²) in [5.74, 6) is -6.45. The molecule has 28 heteroatoms. The zero-order valence-electron chi connectivity index (χ0n) is 38.2. The Labute approximate surface area is 385 Å². The number of hydrogen-bond donors (Lipinski definition) is 21. The molecule has 0 saturated carbocycles. The van der Waals surface area contributed by atoms with E-state index in [4.69, 9.17) is 55.7 Å². The molecular weight excluding hydrogens is 863 g/mol. The summed E-state index contributed by atoms with van der Waals surface area (Å²) in [6.45, 7) is 5.19. The Hall–Kier alpha value is -7.16. The van der Waals surface area contributed by atoms with E-state index in [-0.39, 0.29) is 132 Å². The van der Waals surface area contributed by atoms with Crippen molar-refractivity contribution in [2.45, 2.75) is 122 Å². The predicted octanol–water partition coefficient (Wildman–Crippen LogP) is -5.52. The van der Waals surface area contributed by atoms with Crippen molar-refractivity contribution in [1.82, 2.24) is 58.5 Å². The number of guanidine groups is 5. The van der Waals surface area contributed by atoms with Gasteiger partial charge in [0, 0.05) is 45.6 Å². The second-order valence-corrected chi connectivity index (χ2v) is 15.6. The van der Waals surface area contributed by atoms with Crippen molar-refractivity contribution in [2.24, 2.45) is 34.6 Å². The van der Waals surface area contributed by atoms with Crippen LogP contribution >= 0.6 is 0 Å². The van der Waals surface area contributed by atoms with Gasteiger partial charge in [0.1, 0.15) is 30.2 Å². The van der Waals surface area contributed by atoms with Crippen LogP contribution in [0.5, 0.6) is 0 Å². The number of unbranched alkanes of at least 4 members (excludes halogenated alkanes) is 1. The van der Waals surface area contributed by atoms with Crippen LogP contribution < -0.4 is 87.2 Å². The van der Waals surface area contributed by atoms with E-state index >= 15 is 0 Å². The smallest absolute Gasteiger partial charge is 0.243 e.